The Kier molecular flexibility index (Phi) is 3.71. The van der Waals surface area contributed by atoms with Gasteiger partial charge in [0.1, 0.15) is 0 Å². The summed E-state index contributed by atoms with van der Waals surface area (Å²) >= 11 is 0. The second-order valence-electron chi connectivity index (χ2n) is 4.67. The number of hydrogen-bond donors (Lipinski definition) is 0. The zero-order valence-electron chi connectivity index (χ0n) is 11.3. The summed E-state index contributed by atoms with van der Waals surface area (Å²) in [6.45, 7) is 5.41. The van der Waals surface area contributed by atoms with E-state index in [2.05, 4.69) is 4.98 Å². The maximum atomic E-state index is 12.6. The fourth-order valence-corrected chi connectivity index (χ4v) is 3.80. The van der Waals surface area contributed by atoms with E-state index in [4.69, 9.17) is 0 Å². The quantitative estimate of drug-likeness (QED) is 0.864. The molecule has 19 heavy (non-hydrogen) atoms. The summed E-state index contributed by atoms with van der Waals surface area (Å²) in [7, 11) is -3.46. The third-order valence-corrected chi connectivity index (χ3v) is 5.47. The summed E-state index contributed by atoms with van der Waals surface area (Å²) in [6, 6.07) is 11.1. The summed E-state index contributed by atoms with van der Waals surface area (Å²) in [6.07, 6.45) is 1.52. The van der Waals surface area contributed by atoms with Gasteiger partial charge in [0.05, 0.1) is 5.25 Å². The van der Waals surface area contributed by atoms with Crippen molar-refractivity contribution in [2.75, 3.05) is 0 Å². The van der Waals surface area contributed by atoms with E-state index in [0.717, 1.165) is 11.1 Å². The Hall–Kier alpha value is -1.68. The molecule has 2 aromatic rings. The minimum absolute atomic E-state index is 0.172. The molecule has 0 radical (unpaired) electrons. The van der Waals surface area contributed by atoms with Crippen LogP contribution in [0.15, 0.2) is 47.6 Å². The van der Waals surface area contributed by atoms with Gasteiger partial charge in [0, 0.05) is 6.20 Å². The third-order valence-electron chi connectivity index (χ3n) is 3.32. The van der Waals surface area contributed by atoms with Gasteiger partial charge in [-0.05, 0) is 43.5 Å². The van der Waals surface area contributed by atoms with E-state index in [1.807, 2.05) is 31.2 Å². The minimum atomic E-state index is -3.46. The van der Waals surface area contributed by atoms with Crippen molar-refractivity contribution in [1.29, 1.82) is 0 Å². The average molecular weight is 275 g/mol. The van der Waals surface area contributed by atoms with Crippen LogP contribution in [0.3, 0.4) is 0 Å². The molecule has 0 amide bonds. The van der Waals surface area contributed by atoms with Gasteiger partial charge >= 0.3 is 0 Å². The first-order valence-electron chi connectivity index (χ1n) is 6.15. The molecule has 3 nitrogen and oxygen atoms in total. The highest BCUT2D eigenvalue weighted by Crippen LogP contribution is 2.30. The molecule has 0 N–H and O–H groups in total. The van der Waals surface area contributed by atoms with Crippen molar-refractivity contribution in [3.63, 3.8) is 0 Å². The van der Waals surface area contributed by atoms with Gasteiger partial charge in [-0.25, -0.2) is 13.4 Å². The monoisotopic (exact) mass is 275 g/mol. The van der Waals surface area contributed by atoms with E-state index >= 15 is 0 Å². The maximum absolute atomic E-state index is 12.6. The first kappa shape index (κ1) is 13.7. The predicted octanol–water partition coefficient (Wildman–Crippen LogP) is 3.23. The third kappa shape index (κ3) is 2.54. The van der Waals surface area contributed by atoms with Gasteiger partial charge < -0.3 is 0 Å². The van der Waals surface area contributed by atoms with Crippen LogP contribution in [0, 0.1) is 13.8 Å². The molecule has 0 aliphatic heterocycles. The number of hydrogen-bond acceptors (Lipinski definition) is 3. The van der Waals surface area contributed by atoms with E-state index in [1.165, 1.54) is 6.20 Å². The summed E-state index contributed by atoms with van der Waals surface area (Å²) in [5.74, 6) is 0. The van der Waals surface area contributed by atoms with Crippen LogP contribution in [-0.4, -0.2) is 13.4 Å². The lowest BCUT2D eigenvalue weighted by Crippen LogP contribution is -2.14. The highest BCUT2D eigenvalue weighted by atomic mass is 32.2. The lowest BCUT2D eigenvalue weighted by molar-refractivity contribution is 0.581. The first-order chi connectivity index (χ1) is 8.94. The van der Waals surface area contributed by atoms with Gasteiger partial charge in [0.25, 0.3) is 0 Å². The fourth-order valence-electron chi connectivity index (χ4n) is 2.15. The van der Waals surface area contributed by atoms with Crippen LogP contribution >= 0.6 is 0 Å². The number of aromatic nitrogens is 1. The summed E-state index contributed by atoms with van der Waals surface area (Å²) in [4.78, 5) is 4.04. The molecule has 0 aliphatic rings. The Morgan fingerprint density at radius 2 is 1.63 bits per heavy atom. The van der Waals surface area contributed by atoms with Crippen LogP contribution < -0.4 is 0 Å². The van der Waals surface area contributed by atoms with Crippen molar-refractivity contribution in [3.8, 4) is 0 Å². The summed E-state index contributed by atoms with van der Waals surface area (Å²) < 4.78 is 25.3. The van der Waals surface area contributed by atoms with Crippen LogP contribution in [0.5, 0.6) is 0 Å². The topological polar surface area (TPSA) is 47.0 Å². The van der Waals surface area contributed by atoms with E-state index in [1.54, 1.807) is 26.0 Å². The second kappa shape index (κ2) is 5.13. The predicted molar refractivity (Wildman–Crippen MR) is 75.8 cm³/mol. The van der Waals surface area contributed by atoms with Gasteiger partial charge in [0.15, 0.2) is 5.03 Å². The number of aryl methyl sites for hydroxylation is 2. The van der Waals surface area contributed by atoms with Crippen molar-refractivity contribution in [3.05, 3.63) is 59.3 Å². The molecule has 0 saturated carbocycles. The molecule has 1 unspecified atom stereocenters. The Labute approximate surface area is 114 Å². The molecular weight excluding hydrogens is 258 g/mol. The normalized spacial score (nSPS) is 13.2. The highest BCUT2D eigenvalue weighted by molar-refractivity contribution is 7.91. The van der Waals surface area contributed by atoms with Crippen LogP contribution in [0.25, 0.3) is 0 Å². The highest BCUT2D eigenvalue weighted by Gasteiger charge is 2.28. The fraction of sp³-hybridized carbons (Fsp3) is 0.267. The van der Waals surface area contributed by atoms with E-state index < -0.39 is 15.1 Å². The van der Waals surface area contributed by atoms with Gasteiger partial charge in [-0.15, -0.1) is 0 Å². The molecule has 0 aliphatic carbocycles. The van der Waals surface area contributed by atoms with Crippen molar-refractivity contribution in [2.45, 2.75) is 31.0 Å². The Bertz CT molecular complexity index is 693. The van der Waals surface area contributed by atoms with Gasteiger partial charge in [0.2, 0.25) is 9.84 Å². The Balaban J connectivity index is 2.52. The van der Waals surface area contributed by atoms with E-state index in [-0.39, 0.29) is 5.03 Å². The zero-order chi connectivity index (χ0) is 14.0. The van der Waals surface area contributed by atoms with Crippen LogP contribution in [0.2, 0.25) is 0 Å². The average Bonchev–Trinajstić information content (AvgIpc) is 2.39. The minimum Gasteiger partial charge on any atom is -0.244 e. The van der Waals surface area contributed by atoms with Crippen LogP contribution in [0.1, 0.15) is 28.9 Å². The van der Waals surface area contributed by atoms with E-state index in [9.17, 15) is 8.42 Å². The molecule has 1 aromatic carbocycles. The first-order valence-corrected chi connectivity index (χ1v) is 7.70. The van der Waals surface area contributed by atoms with Crippen molar-refractivity contribution >= 4 is 9.84 Å². The second-order valence-corrected chi connectivity index (χ2v) is 6.85. The van der Waals surface area contributed by atoms with Crippen LogP contribution in [-0.2, 0) is 9.84 Å². The number of nitrogens with zero attached hydrogens (tertiary/aromatic N) is 1. The molecule has 0 bridgehead atoms. The number of benzene rings is 1. The SMILES string of the molecule is Cc1ccccc1C(C)S(=O)(=O)c1ncccc1C. The Morgan fingerprint density at radius 3 is 2.26 bits per heavy atom. The number of sulfone groups is 1. The smallest absolute Gasteiger partial charge is 0.202 e. The lowest BCUT2D eigenvalue weighted by atomic mass is 10.1. The molecule has 100 valence electrons. The molecule has 2 rings (SSSR count). The van der Waals surface area contributed by atoms with Crippen molar-refractivity contribution in [1.82, 2.24) is 4.98 Å². The standard InChI is InChI=1S/C15H17NO2S/c1-11-7-4-5-9-14(11)13(3)19(17,18)15-12(2)8-6-10-16-15/h4-10,13H,1-3H3. The number of pyridine rings is 1. The molecule has 0 saturated heterocycles. The zero-order valence-corrected chi connectivity index (χ0v) is 12.1. The Morgan fingerprint density at radius 1 is 1.00 bits per heavy atom. The van der Waals surface area contributed by atoms with Crippen LogP contribution in [0.4, 0.5) is 0 Å². The molecule has 0 fully saturated rings. The van der Waals surface area contributed by atoms with Gasteiger partial charge in [-0.3, -0.25) is 0 Å². The molecule has 1 atom stereocenters. The molecule has 4 heteroatoms. The summed E-state index contributed by atoms with van der Waals surface area (Å²) in [5.41, 5.74) is 2.49. The van der Waals surface area contributed by atoms with Crippen molar-refractivity contribution in [2.24, 2.45) is 0 Å². The molecule has 0 spiro atoms. The summed E-state index contributed by atoms with van der Waals surface area (Å²) in [5, 5.41) is -0.423. The lowest BCUT2D eigenvalue weighted by Gasteiger charge is -2.16. The number of rotatable bonds is 3. The van der Waals surface area contributed by atoms with Gasteiger partial charge in [-0.2, -0.15) is 0 Å². The molecule has 1 aromatic heterocycles. The maximum Gasteiger partial charge on any atom is 0.202 e. The molecular formula is C15H17NO2S. The van der Waals surface area contributed by atoms with Crippen molar-refractivity contribution < 1.29 is 8.42 Å². The largest absolute Gasteiger partial charge is 0.244 e. The molecule has 1 heterocycles. The van der Waals surface area contributed by atoms with E-state index in [0.29, 0.717) is 5.56 Å². The van der Waals surface area contributed by atoms with Gasteiger partial charge in [-0.1, -0.05) is 30.3 Å².